The van der Waals surface area contributed by atoms with E-state index >= 15 is 0 Å². The molecule has 0 rings (SSSR count). The van der Waals surface area contributed by atoms with Crippen LogP contribution in [0, 0.1) is 0 Å². The summed E-state index contributed by atoms with van der Waals surface area (Å²) in [7, 11) is 0. The Morgan fingerprint density at radius 3 is 1.83 bits per heavy atom. The Bertz CT molecular complexity index is 197. The van der Waals surface area contributed by atoms with Crippen molar-refractivity contribution in [3.05, 3.63) is 0 Å². The Labute approximate surface area is 70.0 Å². The van der Waals surface area contributed by atoms with E-state index in [1.807, 2.05) is 0 Å². The van der Waals surface area contributed by atoms with Gasteiger partial charge in [0.2, 0.25) is 11.8 Å². The molecule has 0 saturated carbocycles. The highest BCUT2D eigenvalue weighted by Gasteiger charge is 2.13. The van der Waals surface area contributed by atoms with Crippen LogP contribution in [0.3, 0.4) is 0 Å². The first kappa shape index (κ1) is 10.6. The molecule has 0 fully saturated rings. The van der Waals surface area contributed by atoms with Gasteiger partial charge >= 0.3 is 5.97 Å². The number of amides is 2. The molecule has 0 bridgehead atoms. The number of hydrogen-bond acceptors (Lipinski definition) is 3. The molecule has 0 atom stereocenters. The van der Waals surface area contributed by atoms with E-state index in [0.717, 1.165) is 4.90 Å². The highest BCUT2D eigenvalue weighted by atomic mass is 16.4. The average Bonchev–Trinajstić information content (AvgIpc) is 1.84. The van der Waals surface area contributed by atoms with E-state index in [1.54, 1.807) is 0 Å². The van der Waals surface area contributed by atoms with E-state index in [9.17, 15) is 14.4 Å². The Balaban J connectivity index is 4.06. The fourth-order valence-corrected chi connectivity index (χ4v) is 0.744. The number of hydrogen-bond donors (Lipinski definition) is 1. The van der Waals surface area contributed by atoms with Crippen molar-refractivity contribution in [1.29, 1.82) is 0 Å². The van der Waals surface area contributed by atoms with Crippen LogP contribution in [0.5, 0.6) is 0 Å². The first-order chi connectivity index (χ1) is 5.45. The van der Waals surface area contributed by atoms with Gasteiger partial charge in [-0.05, 0) is 0 Å². The lowest BCUT2D eigenvalue weighted by molar-refractivity contribution is -0.143. The van der Waals surface area contributed by atoms with Crippen molar-refractivity contribution in [3.63, 3.8) is 0 Å². The number of carbonyl (C=O) groups is 3. The molecule has 0 saturated heterocycles. The summed E-state index contributed by atoms with van der Waals surface area (Å²) in [6, 6.07) is 0. The van der Waals surface area contributed by atoms with Crippen molar-refractivity contribution < 1.29 is 19.5 Å². The van der Waals surface area contributed by atoms with Crippen LogP contribution in [0.1, 0.15) is 20.3 Å². The van der Waals surface area contributed by atoms with E-state index in [0.29, 0.717) is 0 Å². The van der Waals surface area contributed by atoms with Crippen molar-refractivity contribution in [2.45, 2.75) is 20.3 Å². The molecule has 0 aliphatic heterocycles. The van der Waals surface area contributed by atoms with E-state index < -0.39 is 17.8 Å². The van der Waals surface area contributed by atoms with Gasteiger partial charge in [-0.15, -0.1) is 0 Å². The Morgan fingerprint density at radius 2 is 1.58 bits per heavy atom. The smallest absolute Gasteiger partial charge is 0.305 e. The van der Waals surface area contributed by atoms with Crippen molar-refractivity contribution in [2.24, 2.45) is 0 Å². The molecular formula is C7H11NO4. The summed E-state index contributed by atoms with van der Waals surface area (Å²) in [5.74, 6) is -1.88. The van der Waals surface area contributed by atoms with Gasteiger partial charge in [0.1, 0.15) is 0 Å². The molecule has 12 heavy (non-hydrogen) atoms. The van der Waals surface area contributed by atoms with Gasteiger partial charge in [-0.3, -0.25) is 19.3 Å². The minimum atomic E-state index is -1.03. The zero-order valence-corrected chi connectivity index (χ0v) is 7.03. The molecule has 0 unspecified atom stereocenters. The number of imide groups is 1. The second-order valence-electron chi connectivity index (χ2n) is 2.33. The molecule has 0 spiro atoms. The van der Waals surface area contributed by atoms with Gasteiger partial charge in [0.25, 0.3) is 0 Å². The average molecular weight is 173 g/mol. The van der Waals surface area contributed by atoms with Crippen molar-refractivity contribution >= 4 is 17.8 Å². The normalized spacial score (nSPS) is 9.17. The summed E-state index contributed by atoms with van der Waals surface area (Å²) in [4.78, 5) is 32.4. The predicted molar refractivity (Wildman–Crippen MR) is 40.3 cm³/mol. The second-order valence-corrected chi connectivity index (χ2v) is 2.33. The number of rotatable bonds is 3. The molecule has 68 valence electrons. The van der Waals surface area contributed by atoms with E-state index in [4.69, 9.17) is 5.11 Å². The third-order valence-corrected chi connectivity index (χ3v) is 1.31. The molecule has 1 N–H and O–H groups in total. The maximum Gasteiger partial charge on any atom is 0.305 e. The van der Waals surface area contributed by atoms with Crippen LogP contribution in [-0.4, -0.2) is 34.3 Å². The zero-order valence-electron chi connectivity index (χ0n) is 7.03. The van der Waals surface area contributed by atoms with Crippen molar-refractivity contribution in [1.82, 2.24) is 4.90 Å². The minimum absolute atomic E-state index is 0.0556. The Hall–Kier alpha value is -1.39. The van der Waals surface area contributed by atoms with Crippen LogP contribution in [0.15, 0.2) is 0 Å². The van der Waals surface area contributed by atoms with Crippen LogP contribution in [0.25, 0.3) is 0 Å². The van der Waals surface area contributed by atoms with Gasteiger partial charge in [0, 0.05) is 20.4 Å². The molecule has 0 heterocycles. The highest BCUT2D eigenvalue weighted by molar-refractivity contribution is 5.93. The number of carboxylic acids is 1. The summed E-state index contributed by atoms with van der Waals surface area (Å²) in [5, 5.41) is 8.28. The molecular weight excluding hydrogens is 162 g/mol. The fraction of sp³-hybridized carbons (Fsp3) is 0.571. The lowest BCUT2D eigenvalue weighted by Gasteiger charge is -2.14. The van der Waals surface area contributed by atoms with Crippen LogP contribution < -0.4 is 0 Å². The SMILES string of the molecule is CC(=O)N(CCC(=O)O)C(C)=O. The Morgan fingerprint density at radius 1 is 1.17 bits per heavy atom. The first-order valence-corrected chi connectivity index (χ1v) is 3.45. The van der Waals surface area contributed by atoms with Crippen molar-refractivity contribution in [2.75, 3.05) is 6.54 Å². The molecule has 0 aromatic heterocycles. The summed E-state index contributed by atoms with van der Waals surface area (Å²) in [5.41, 5.74) is 0. The second kappa shape index (κ2) is 4.48. The summed E-state index contributed by atoms with van der Waals surface area (Å²) < 4.78 is 0. The topological polar surface area (TPSA) is 74.7 Å². The summed E-state index contributed by atoms with van der Waals surface area (Å²) >= 11 is 0. The number of nitrogens with zero attached hydrogens (tertiary/aromatic N) is 1. The van der Waals surface area contributed by atoms with Crippen LogP contribution in [-0.2, 0) is 14.4 Å². The minimum Gasteiger partial charge on any atom is -0.481 e. The third-order valence-electron chi connectivity index (χ3n) is 1.31. The maximum atomic E-state index is 10.7. The molecule has 0 aromatic rings. The lowest BCUT2D eigenvalue weighted by atomic mass is 10.3. The molecule has 0 aromatic carbocycles. The monoisotopic (exact) mass is 173 g/mol. The number of aliphatic carboxylic acids is 1. The van der Waals surface area contributed by atoms with Gasteiger partial charge in [0.15, 0.2) is 0 Å². The molecule has 2 amide bonds. The highest BCUT2D eigenvalue weighted by Crippen LogP contribution is 1.93. The Kier molecular flexibility index (Phi) is 3.96. The van der Waals surface area contributed by atoms with Crippen LogP contribution in [0.2, 0.25) is 0 Å². The quantitative estimate of drug-likeness (QED) is 0.644. The van der Waals surface area contributed by atoms with E-state index in [1.165, 1.54) is 13.8 Å². The third kappa shape index (κ3) is 3.70. The summed E-state index contributed by atoms with van der Waals surface area (Å²) in [6.45, 7) is 2.40. The molecule has 5 heteroatoms. The van der Waals surface area contributed by atoms with E-state index in [-0.39, 0.29) is 13.0 Å². The van der Waals surface area contributed by atoms with Gasteiger partial charge in [-0.25, -0.2) is 0 Å². The van der Waals surface area contributed by atoms with Gasteiger partial charge < -0.3 is 5.11 Å². The van der Waals surface area contributed by atoms with E-state index in [2.05, 4.69) is 0 Å². The molecule has 0 aliphatic carbocycles. The predicted octanol–water partition coefficient (Wildman–Crippen LogP) is -0.144. The lowest BCUT2D eigenvalue weighted by Crippen LogP contribution is -2.34. The molecule has 0 aliphatic rings. The van der Waals surface area contributed by atoms with Gasteiger partial charge in [-0.1, -0.05) is 0 Å². The van der Waals surface area contributed by atoms with Gasteiger partial charge in [-0.2, -0.15) is 0 Å². The zero-order chi connectivity index (χ0) is 9.72. The standard InChI is InChI=1S/C7H11NO4/c1-5(9)8(6(2)10)4-3-7(11)12/h3-4H2,1-2H3,(H,11,12). The van der Waals surface area contributed by atoms with Gasteiger partial charge in [0.05, 0.1) is 6.42 Å². The summed E-state index contributed by atoms with van der Waals surface area (Å²) in [6.07, 6.45) is -0.209. The molecule has 0 radical (unpaired) electrons. The van der Waals surface area contributed by atoms with Crippen LogP contribution in [0.4, 0.5) is 0 Å². The number of carbonyl (C=O) groups excluding carboxylic acids is 2. The van der Waals surface area contributed by atoms with Crippen molar-refractivity contribution in [3.8, 4) is 0 Å². The largest absolute Gasteiger partial charge is 0.481 e. The first-order valence-electron chi connectivity index (χ1n) is 3.45. The molecule has 5 nitrogen and oxygen atoms in total. The maximum absolute atomic E-state index is 10.7. The van der Waals surface area contributed by atoms with Crippen LogP contribution >= 0.6 is 0 Å². The fourth-order valence-electron chi connectivity index (χ4n) is 0.744. The number of carboxylic acid groups (broad SMARTS) is 1.